The molecule has 0 aromatic carbocycles. The van der Waals surface area contributed by atoms with Crippen molar-refractivity contribution >= 4 is 28.9 Å². The van der Waals surface area contributed by atoms with Crippen LogP contribution in [0.25, 0.3) is 0 Å². The van der Waals surface area contributed by atoms with E-state index in [9.17, 15) is 4.79 Å². The van der Waals surface area contributed by atoms with Gasteiger partial charge in [0.05, 0.1) is 17.6 Å². The van der Waals surface area contributed by atoms with Gasteiger partial charge in [0.25, 0.3) is 5.91 Å². The molecule has 0 aliphatic rings. The highest BCUT2D eigenvalue weighted by Gasteiger charge is 2.16. The Morgan fingerprint density at radius 1 is 1.53 bits per heavy atom. The molecule has 3 N–H and O–H groups in total. The molecule has 2 heterocycles. The summed E-state index contributed by atoms with van der Waals surface area (Å²) in [5, 5.41) is 6.74. The van der Waals surface area contributed by atoms with Crippen LogP contribution >= 0.6 is 11.5 Å². The van der Waals surface area contributed by atoms with E-state index in [2.05, 4.69) is 19.9 Å². The van der Waals surface area contributed by atoms with Gasteiger partial charge in [0.15, 0.2) is 0 Å². The maximum atomic E-state index is 12.2. The highest BCUT2D eigenvalue weighted by Crippen LogP contribution is 2.18. The first-order valence-corrected chi connectivity index (χ1v) is 6.73. The Morgan fingerprint density at radius 2 is 2.32 bits per heavy atom. The molecule has 0 atom stereocenters. The molecule has 0 spiro atoms. The molecule has 0 unspecified atom stereocenters. The van der Waals surface area contributed by atoms with E-state index in [1.54, 1.807) is 6.07 Å². The van der Waals surface area contributed by atoms with Crippen molar-refractivity contribution in [1.29, 1.82) is 0 Å². The summed E-state index contributed by atoms with van der Waals surface area (Å²) in [4.78, 5) is 16.8. The fraction of sp³-hybridized carbons (Fsp3) is 0.333. The number of nitrogens with two attached hydrogens (primary N) is 1. The van der Waals surface area contributed by atoms with Gasteiger partial charge >= 0.3 is 0 Å². The summed E-state index contributed by atoms with van der Waals surface area (Å²) >= 11 is 1.10. The number of nitrogen functional groups attached to an aromatic ring is 1. The van der Waals surface area contributed by atoms with Crippen molar-refractivity contribution in [2.45, 2.75) is 26.7 Å². The molecule has 1 amide bonds. The van der Waals surface area contributed by atoms with Crippen LogP contribution in [0.15, 0.2) is 12.3 Å². The summed E-state index contributed by atoms with van der Waals surface area (Å²) in [6.45, 7) is 3.88. The lowest BCUT2D eigenvalue weighted by atomic mass is 10.2. The Bertz CT molecular complexity index is 596. The number of hydrogen-bond acceptors (Lipinski definition) is 6. The fourth-order valence-corrected chi connectivity index (χ4v) is 2.28. The second-order valence-corrected chi connectivity index (χ2v) is 4.94. The monoisotopic (exact) mass is 277 g/mol. The number of carbonyl (C=O) groups excluding carboxylic acids is 1. The minimum Gasteiger partial charge on any atom is -0.397 e. The van der Waals surface area contributed by atoms with E-state index in [-0.39, 0.29) is 5.91 Å². The van der Waals surface area contributed by atoms with Gasteiger partial charge in [-0.3, -0.25) is 4.79 Å². The van der Waals surface area contributed by atoms with Gasteiger partial charge in [0.1, 0.15) is 10.7 Å². The minimum atomic E-state index is -0.223. The van der Waals surface area contributed by atoms with E-state index in [1.165, 1.54) is 6.20 Å². The summed E-state index contributed by atoms with van der Waals surface area (Å²) in [7, 11) is 0. The summed E-state index contributed by atoms with van der Waals surface area (Å²) in [5.41, 5.74) is 7.75. The number of nitrogens with one attached hydrogen (secondary N) is 1. The first-order chi connectivity index (χ1) is 9.11. The number of nitrogens with zero attached hydrogens (tertiary/aromatic N) is 3. The topological polar surface area (TPSA) is 93.8 Å². The summed E-state index contributed by atoms with van der Waals surface area (Å²) in [6.07, 6.45) is 3.18. The third-order valence-electron chi connectivity index (χ3n) is 2.58. The van der Waals surface area contributed by atoms with Gasteiger partial charge in [0.2, 0.25) is 0 Å². The van der Waals surface area contributed by atoms with Crippen molar-refractivity contribution in [2.24, 2.45) is 0 Å². The van der Waals surface area contributed by atoms with Crippen LogP contribution in [-0.2, 0) is 6.42 Å². The highest BCUT2D eigenvalue weighted by atomic mass is 32.1. The predicted octanol–water partition coefficient (Wildman–Crippen LogP) is 2.03. The molecule has 0 aliphatic heterocycles. The predicted molar refractivity (Wildman–Crippen MR) is 75.2 cm³/mol. The molecule has 6 nitrogen and oxygen atoms in total. The highest BCUT2D eigenvalue weighted by molar-refractivity contribution is 7.08. The second kappa shape index (κ2) is 5.75. The van der Waals surface area contributed by atoms with E-state index in [1.807, 2.05) is 13.8 Å². The summed E-state index contributed by atoms with van der Waals surface area (Å²) < 4.78 is 3.83. The molecule has 2 rings (SSSR count). The van der Waals surface area contributed by atoms with Gasteiger partial charge in [-0.25, -0.2) is 4.98 Å². The van der Waals surface area contributed by atoms with Crippen molar-refractivity contribution in [2.75, 3.05) is 11.1 Å². The number of amides is 1. The second-order valence-electron chi connectivity index (χ2n) is 4.19. The van der Waals surface area contributed by atoms with Crippen LogP contribution in [-0.4, -0.2) is 20.5 Å². The van der Waals surface area contributed by atoms with Crippen molar-refractivity contribution in [3.8, 4) is 0 Å². The lowest BCUT2D eigenvalue weighted by Crippen LogP contribution is -2.14. The standard InChI is InChI=1S/C12H15N5OS/c1-3-4-9-10(19-17-16-9)12(18)15-11-7(2)5-8(13)6-14-11/h5-6H,3-4,13H2,1-2H3,(H,14,15,18). The van der Waals surface area contributed by atoms with E-state index in [0.717, 1.165) is 35.6 Å². The number of carbonyl (C=O) groups is 1. The number of anilines is 2. The van der Waals surface area contributed by atoms with Crippen LogP contribution in [0.5, 0.6) is 0 Å². The first-order valence-electron chi connectivity index (χ1n) is 5.96. The number of rotatable bonds is 4. The molecule has 7 heteroatoms. The van der Waals surface area contributed by atoms with Crippen molar-refractivity contribution in [3.63, 3.8) is 0 Å². The van der Waals surface area contributed by atoms with Crippen LogP contribution in [0.2, 0.25) is 0 Å². The third-order valence-corrected chi connectivity index (χ3v) is 3.35. The molecule has 0 aliphatic carbocycles. The van der Waals surface area contributed by atoms with Gasteiger partial charge in [-0.2, -0.15) is 0 Å². The molecule has 100 valence electrons. The number of aromatic nitrogens is 3. The average molecular weight is 277 g/mol. The Hall–Kier alpha value is -2.02. The third kappa shape index (κ3) is 3.05. The summed E-state index contributed by atoms with van der Waals surface area (Å²) in [5.74, 6) is 0.286. The van der Waals surface area contributed by atoms with Crippen LogP contribution in [0.3, 0.4) is 0 Å². The molecule has 0 bridgehead atoms. The maximum Gasteiger partial charge on any atom is 0.270 e. The average Bonchev–Trinajstić information content (AvgIpc) is 2.81. The molecule has 2 aromatic rings. The first kappa shape index (κ1) is 13.4. The van der Waals surface area contributed by atoms with Crippen LogP contribution in [0.1, 0.15) is 34.3 Å². The van der Waals surface area contributed by atoms with Gasteiger partial charge in [-0.1, -0.05) is 17.8 Å². The quantitative estimate of drug-likeness (QED) is 0.891. The largest absolute Gasteiger partial charge is 0.397 e. The van der Waals surface area contributed by atoms with Crippen LogP contribution < -0.4 is 11.1 Å². The molecule has 2 aromatic heterocycles. The summed E-state index contributed by atoms with van der Waals surface area (Å²) in [6, 6.07) is 1.76. The van der Waals surface area contributed by atoms with Crippen molar-refractivity contribution in [3.05, 3.63) is 28.4 Å². The van der Waals surface area contributed by atoms with E-state index >= 15 is 0 Å². The smallest absolute Gasteiger partial charge is 0.270 e. The van der Waals surface area contributed by atoms with E-state index < -0.39 is 0 Å². The van der Waals surface area contributed by atoms with Crippen LogP contribution in [0.4, 0.5) is 11.5 Å². The Labute approximate surface area is 115 Å². The van der Waals surface area contributed by atoms with Gasteiger partial charge < -0.3 is 11.1 Å². The maximum absolute atomic E-state index is 12.2. The zero-order chi connectivity index (χ0) is 13.8. The van der Waals surface area contributed by atoms with Crippen molar-refractivity contribution in [1.82, 2.24) is 14.6 Å². The van der Waals surface area contributed by atoms with E-state index in [0.29, 0.717) is 16.4 Å². The molecule has 0 saturated heterocycles. The lowest BCUT2D eigenvalue weighted by molar-refractivity contribution is 0.102. The normalized spacial score (nSPS) is 10.4. The fourth-order valence-electron chi connectivity index (χ4n) is 1.67. The number of pyridine rings is 1. The molecule has 0 fully saturated rings. The van der Waals surface area contributed by atoms with Gasteiger partial charge in [-0.05, 0) is 36.5 Å². The number of aryl methyl sites for hydroxylation is 2. The molecule has 19 heavy (non-hydrogen) atoms. The van der Waals surface area contributed by atoms with Gasteiger partial charge in [0, 0.05) is 0 Å². The molecular weight excluding hydrogens is 262 g/mol. The minimum absolute atomic E-state index is 0.223. The SMILES string of the molecule is CCCc1nnsc1C(=O)Nc1ncc(N)cc1C. The Balaban J connectivity index is 2.18. The van der Waals surface area contributed by atoms with Gasteiger partial charge in [-0.15, -0.1) is 5.10 Å². The zero-order valence-electron chi connectivity index (χ0n) is 10.8. The van der Waals surface area contributed by atoms with Crippen molar-refractivity contribution < 1.29 is 4.79 Å². The van der Waals surface area contributed by atoms with Crippen LogP contribution in [0, 0.1) is 6.92 Å². The zero-order valence-corrected chi connectivity index (χ0v) is 11.6. The Morgan fingerprint density at radius 3 is 3.00 bits per heavy atom. The lowest BCUT2D eigenvalue weighted by Gasteiger charge is -2.07. The molecule has 0 saturated carbocycles. The Kier molecular flexibility index (Phi) is 4.06. The molecular formula is C12H15N5OS. The number of hydrogen-bond donors (Lipinski definition) is 2. The van der Waals surface area contributed by atoms with E-state index in [4.69, 9.17) is 5.73 Å². The molecule has 0 radical (unpaired) electrons.